The van der Waals surface area contributed by atoms with Crippen LogP contribution in [0.3, 0.4) is 0 Å². The minimum absolute atomic E-state index is 0.0369. The minimum atomic E-state index is -0.0369. The maximum Gasteiger partial charge on any atom is 0.275 e. The first-order chi connectivity index (χ1) is 9.31. The van der Waals surface area contributed by atoms with Crippen LogP contribution in [0.1, 0.15) is 18.9 Å². The molecule has 0 bridgehead atoms. The number of fused-ring (bicyclic) bond motifs is 1. The zero-order valence-corrected chi connectivity index (χ0v) is 10.9. The highest BCUT2D eigenvalue weighted by Crippen LogP contribution is 2.22. The average Bonchev–Trinajstić information content (AvgIpc) is 2.48. The van der Waals surface area contributed by atoms with Gasteiger partial charge in [0.15, 0.2) is 0 Å². The molecule has 100 valence electrons. The van der Waals surface area contributed by atoms with Crippen LogP contribution in [-0.4, -0.2) is 30.0 Å². The number of aromatic nitrogens is 2. The highest BCUT2D eigenvalue weighted by Gasteiger charge is 2.18. The monoisotopic (exact) mass is 259 g/mol. The maximum atomic E-state index is 12.5. The molecule has 1 aliphatic heterocycles. The molecule has 1 aliphatic rings. The number of nitrogens with one attached hydrogen (secondary N) is 1. The highest BCUT2D eigenvalue weighted by molar-refractivity contribution is 5.86. The fraction of sp³-hybridized carbons (Fsp3) is 0.429. The van der Waals surface area contributed by atoms with Gasteiger partial charge in [0.05, 0.1) is 24.7 Å². The molecule has 1 fully saturated rings. The first-order valence-electron chi connectivity index (χ1n) is 6.56. The van der Waals surface area contributed by atoms with E-state index in [-0.39, 0.29) is 11.6 Å². The second-order valence-corrected chi connectivity index (χ2v) is 4.82. The van der Waals surface area contributed by atoms with Crippen LogP contribution in [0.5, 0.6) is 5.75 Å². The molecular weight excluding hydrogens is 242 g/mol. The number of piperidine rings is 1. The van der Waals surface area contributed by atoms with Crippen LogP contribution < -0.4 is 15.6 Å². The normalized spacial score (nSPS) is 19.5. The molecule has 1 N–H and O–H groups in total. The Morgan fingerprint density at radius 1 is 1.42 bits per heavy atom. The maximum absolute atomic E-state index is 12.5. The molecule has 0 amide bonds. The summed E-state index contributed by atoms with van der Waals surface area (Å²) in [5, 5.41) is 9.07. The van der Waals surface area contributed by atoms with E-state index in [9.17, 15) is 4.79 Å². The quantitative estimate of drug-likeness (QED) is 0.884. The van der Waals surface area contributed by atoms with E-state index < -0.39 is 0 Å². The van der Waals surface area contributed by atoms with Gasteiger partial charge >= 0.3 is 0 Å². The number of benzene rings is 1. The van der Waals surface area contributed by atoms with E-state index in [1.54, 1.807) is 18.0 Å². The van der Waals surface area contributed by atoms with Crippen molar-refractivity contribution in [2.24, 2.45) is 0 Å². The molecule has 1 aromatic heterocycles. The van der Waals surface area contributed by atoms with E-state index in [1.807, 2.05) is 18.2 Å². The average molecular weight is 259 g/mol. The van der Waals surface area contributed by atoms with Crippen molar-refractivity contribution in [2.45, 2.75) is 18.9 Å². The lowest BCUT2D eigenvalue weighted by Gasteiger charge is -2.23. The van der Waals surface area contributed by atoms with Crippen LogP contribution in [-0.2, 0) is 0 Å². The van der Waals surface area contributed by atoms with Crippen molar-refractivity contribution in [2.75, 3.05) is 20.2 Å². The van der Waals surface area contributed by atoms with E-state index in [0.29, 0.717) is 11.1 Å². The zero-order chi connectivity index (χ0) is 13.2. The van der Waals surface area contributed by atoms with E-state index in [2.05, 4.69) is 10.4 Å². The topological polar surface area (TPSA) is 56.1 Å². The molecule has 0 radical (unpaired) electrons. The van der Waals surface area contributed by atoms with Gasteiger partial charge in [0.1, 0.15) is 5.75 Å². The Hall–Kier alpha value is -1.88. The molecule has 3 rings (SSSR count). The number of rotatable bonds is 2. The molecule has 0 saturated carbocycles. The lowest BCUT2D eigenvalue weighted by atomic mass is 10.1. The van der Waals surface area contributed by atoms with Gasteiger partial charge in [-0.15, -0.1) is 0 Å². The Morgan fingerprint density at radius 2 is 2.32 bits per heavy atom. The number of methoxy groups -OCH3 is 1. The van der Waals surface area contributed by atoms with E-state index >= 15 is 0 Å². The van der Waals surface area contributed by atoms with Crippen molar-refractivity contribution >= 4 is 10.8 Å². The summed E-state index contributed by atoms with van der Waals surface area (Å²) >= 11 is 0. The number of ether oxygens (including phenoxy) is 1. The van der Waals surface area contributed by atoms with Crippen LogP contribution in [0.2, 0.25) is 0 Å². The van der Waals surface area contributed by atoms with Gasteiger partial charge in [-0.2, -0.15) is 5.10 Å². The lowest BCUT2D eigenvalue weighted by molar-refractivity contribution is 0.337. The van der Waals surface area contributed by atoms with Crippen LogP contribution in [0.4, 0.5) is 0 Å². The van der Waals surface area contributed by atoms with Gasteiger partial charge in [-0.3, -0.25) is 4.79 Å². The molecule has 1 aromatic carbocycles. The molecule has 0 spiro atoms. The summed E-state index contributed by atoms with van der Waals surface area (Å²) in [6.07, 6.45) is 3.80. The van der Waals surface area contributed by atoms with E-state index in [1.165, 1.54) is 0 Å². The van der Waals surface area contributed by atoms with Crippen molar-refractivity contribution in [3.63, 3.8) is 0 Å². The summed E-state index contributed by atoms with van der Waals surface area (Å²) in [5.74, 6) is 0.691. The van der Waals surface area contributed by atoms with Crippen molar-refractivity contribution in [3.8, 4) is 5.75 Å². The number of nitrogens with zero attached hydrogens (tertiary/aromatic N) is 2. The highest BCUT2D eigenvalue weighted by atomic mass is 16.5. The standard InChI is InChI=1S/C14H17N3O2/c1-19-13-6-2-5-11-12(13)9-16-17(14(11)18)10-4-3-7-15-8-10/h2,5-6,9-10,15H,3-4,7-8H2,1H3. The Labute approximate surface area is 111 Å². The third-order valence-electron chi connectivity index (χ3n) is 3.65. The van der Waals surface area contributed by atoms with Gasteiger partial charge in [0.2, 0.25) is 0 Å². The van der Waals surface area contributed by atoms with Crippen LogP contribution in [0.15, 0.2) is 29.2 Å². The second-order valence-electron chi connectivity index (χ2n) is 4.82. The first-order valence-corrected chi connectivity index (χ1v) is 6.56. The second kappa shape index (κ2) is 5.01. The first kappa shape index (κ1) is 12.2. The minimum Gasteiger partial charge on any atom is -0.496 e. The zero-order valence-electron chi connectivity index (χ0n) is 10.9. The van der Waals surface area contributed by atoms with Gasteiger partial charge in [-0.1, -0.05) is 6.07 Å². The van der Waals surface area contributed by atoms with E-state index in [0.717, 1.165) is 31.3 Å². The van der Waals surface area contributed by atoms with Gasteiger partial charge in [-0.05, 0) is 31.5 Å². The fourth-order valence-corrected chi connectivity index (χ4v) is 2.64. The van der Waals surface area contributed by atoms with Gasteiger partial charge < -0.3 is 10.1 Å². The van der Waals surface area contributed by atoms with Crippen molar-refractivity contribution in [1.82, 2.24) is 15.1 Å². The summed E-state index contributed by atoms with van der Waals surface area (Å²) in [5.41, 5.74) is -0.0369. The summed E-state index contributed by atoms with van der Waals surface area (Å²) in [7, 11) is 1.60. The molecule has 19 heavy (non-hydrogen) atoms. The number of hydrogen-bond acceptors (Lipinski definition) is 4. The third kappa shape index (κ3) is 2.10. The largest absolute Gasteiger partial charge is 0.496 e. The third-order valence-corrected chi connectivity index (χ3v) is 3.65. The molecule has 1 atom stereocenters. The van der Waals surface area contributed by atoms with E-state index in [4.69, 9.17) is 4.74 Å². The smallest absolute Gasteiger partial charge is 0.275 e. The van der Waals surface area contributed by atoms with Crippen molar-refractivity contribution < 1.29 is 4.74 Å². The Kier molecular flexibility index (Phi) is 3.21. The summed E-state index contributed by atoms with van der Waals surface area (Å²) in [4.78, 5) is 12.5. The molecule has 1 unspecified atom stereocenters. The van der Waals surface area contributed by atoms with Gasteiger partial charge in [0, 0.05) is 11.9 Å². The lowest BCUT2D eigenvalue weighted by Crippen LogP contribution is -2.37. The molecular formula is C14H17N3O2. The SMILES string of the molecule is COc1cccc2c(=O)n(C3CCCNC3)ncc12. The Balaban J connectivity index is 2.13. The Bertz CT molecular complexity index is 645. The molecule has 2 aromatic rings. The molecule has 5 heteroatoms. The number of hydrogen-bond donors (Lipinski definition) is 1. The predicted octanol–water partition coefficient (Wildman–Crippen LogP) is 1.33. The van der Waals surface area contributed by atoms with Crippen LogP contribution in [0, 0.1) is 0 Å². The van der Waals surface area contributed by atoms with Crippen LogP contribution >= 0.6 is 0 Å². The van der Waals surface area contributed by atoms with Gasteiger partial charge in [-0.25, -0.2) is 4.68 Å². The van der Waals surface area contributed by atoms with Crippen LogP contribution in [0.25, 0.3) is 10.8 Å². The molecule has 0 aliphatic carbocycles. The summed E-state index contributed by atoms with van der Waals surface area (Å²) in [6, 6.07) is 5.66. The summed E-state index contributed by atoms with van der Waals surface area (Å²) < 4.78 is 6.87. The molecule has 2 heterocycles. The van der Waals surface area contributed by atoms with Crippen molar-refractivity contribution in [1.29, 1.82) is 0 Å². The molecule has 1 saturated heterocycles. The van der Waals surface area contributed by atoms with Crippen molar-refractivity contribution in [3.05, 3.63) is 34.7 Å². The van der Waals surface area contributed by atoms with Gasteiger partial charge in [0.25, 0.3) is 5.56 Å². The fourth-order valence-electron chi connectivity index (χ4n) is 2.64. The molecule has 5 nitrogen and oxygen atoms in total. The Morgan fingerprint density at radius 3 is 3.05 bits per heavy atom. The summed E-state index contributed by atoms with van der Waals surface area (Å²) in [6.45, 7) is 1.83. The predicted molar refractivity (Wildman–Crippen MR) is 73.7 cm³/mol.